The number of nitrogens with zero attached hydrogens (tertiary/aromatic N) is 2. The van der Waals surface area contributed by atoms with E-state index in [4.69, 9.17) is 5.73 Å². The summed E-state index contributed by atoms with van der Waals surface area (Å²) in [7, 11) is 0. The summed E-state index contributed by atoms with van der Waals surface area (Å²) in [6.45, 7) is 3.46. The van der Waals surface area contributed by atoms with Gasteiger partial charge in [-0.1, -0.05) is 0 Å². The minimum Gasteiger partial charge on any atom is -0.338 e. The summed E-state index contributed by atoms with van der Waals surface area (Å²) in [5.74, 6) is 0.104. The Hall–Kier alpha value is -0.940. The van der Waals surface area contributed by atoms with E-state index < -0.39 is 0 Å². The van der Waals surface area contributed by atoms with Gasteiger partial charge < -0.3 is 10.6 Å². The van der Waals surface area contributed by atoms with Gasteiger partial charge in [0.15, 0.2) is 0 Å². The molecule has 0 unspecified atom stereocenters. The fourth-order valence-corrected chi connectivity index (χ4v) is 2.46. The van der Waals surface area contributed by atoms with Gasteiger partial charge in [-0.3, -0.25) is 4.79 Å². The van der Waals surface area contributed by atoms with Crippen LogP contribution in [0.3, 0.4) is 0 Å². The number of carbonyl (C=O) groups excluding carboxylic acids is 1. The monoisotopic (exact) mass is 225 g/mol. The van der Waals surface area contributed by atoms with E-state index in [0.29, 0.717) is 0 Å². The highest BCUT2D eigenvalue weighted by molar-refractivity contribution is 7.13. The predicted octanol–water partition coefficient (Wildman–Crippen LogP) is 1.01. The number of hydrogen-bond donors (Lipinski definition) is 1. The first-order valence-electron chi connectivity index (χ1n) is 5.14. The molecule has 0 aromatic carbocycles. The molecule has 15 heavy (non-hydrogen) atoms. The van der Waals surface area contributed by atoms with Crippen molar-refractivity contribution in [3.8, 4) is 0 Å². The summed E-state index contributed by atoms with van der Waals surface area (Å²) in [5.41, 5.74) is 5.79. The molecule has 1 fully saturated rings. The Morgan fingerprint density at radius 3 is 2.80 bits per heavy atom. The van der Waals surface area contributed by atoms with Gasteiger partial charge in [-0.15, -0.1) is 11.3 Å². The first-order chi connectivity index (χ1) is 7.16. The molecule has 0 spiro atoms. The van der Waals surface area contributed by atoms with Crippen molar-refractivity contribution in [3.05, 3.63) is 16.1 Å². The summed E-state index contributed by atoms with van der Waals surface area (Å²) >= 11 is 1.46. The lowest BCUT2D eigenvalue weighted by Gasteiger charge is -2.29. The number of carbonyl (C=O) groups is 1. The summed E-state index contributed by atoms with van der Waals surface area (Å²) in [6.07, 6.45) is 3.48. The average molecular weight is 225 g/mol. The Balaban J connectivity index is 2.02. The van der Waals surface area contributed by atoms with Crippen molar-refractivity contribution >= 4 is 17.2 Å². The van der Waals surface area contributed by atoms with Crippen LogP contribution >= 0.6 is 11.3 Å². The lowest BCUT2D eigenvalue weighted by molar-refractivity contribution is 0.0719. The van der Waals surface area contributed by atoms with Crippen LogP contribution in [0.4, 0.5) is 0 Å². The zero-order valence-electron chi connectivity index (χ0n) is 8.77. The van der Waals surface area contributed by atoms with Gasteiger partial charge in [-0.05, 0) is 19.8 Å². The van der Waals surface area contributed by atoms with E-state index in [9.17, 15) is 4.79 Å². The third-order valence-corrected chi connectivity index (χ3v) is 3.56. The van der Waals surface area contributed by atoms with Crippen molar-refractivity contribution in [2.45, 2.75) is 25.8 Å². The molecule has 1 aromatic heterocycles. The molecule has 2 rings (SSSR count). The van der Waals surface area contributed by atoms with Crippen LogP contribution in [0.1, 0.15) is 27.5 Å². The number of piperidine rings is 1. The zero-order valence-corrected chi connectivity index (χ0v) is 9.59. The second-order valence-electron chi connectivity index (χ2n) is 3.87. The molecule has 82 valence electrons. The van der Waals surface area contributed by atoms with Gasteiger partial charge in [0.1, 0.15) is 4.88 Å². The van der Waals surface area contributed by atoms with Crippen molar-refractivity contribution in [1.29, 1.82) is 0 Å². The number of nitrogens with two attached hydrogens (primary N) is 1. The van der Waals surface area contributed by atoms with E-state index in [0.717, 1.165) is 35.8 Å². The predicted molar refractivity (Wildman–Crippen MR) is 60.0 cm³/mol. The lowest BCUT2D eigenvalue weighted by atomic mass is 10.1. The summed E-state index contributed by atoms with van der Waals surface area (Å²) in [5, 5.41) is 0.937. The molecule has 1 aromatic rings. The van der Waals surface area contributed by atoms with E-state index in [1.165, 1.54) is 11.3 Å². The maximum absolute atomic E-state index is 12.0. The minimum absolute atomic E-state index is 0.104. The van der Waals surface area contributed by atoms with Crippen LogP contribution in [-0.4, -0.2) is 34.9 Å². The molecule has 5 heteroatoms. The summed E-state index contributed by atoms with van der Waals surface area (Å²) < 4.78 is 0. The van der Waals surface area contributed by atoms with Crippen LogP contribution in [0, 0.1) is 6.92 Å². The van der Waals surface area contributed by atoms with E-state index in [2.05, 4.69) is 4.98 Å². The third-order valence-electron chi connectivity index (χ3n) is 2.66. The molecule has 0 radical (unpaired) electrons. The second kappa shape index (κ2) is 4.28. The second-order valence-corrected chi connectivity index (χ2v) is 5.11. The molecule has 0 bridgehead atoms. The van der Waals surface area contributed by atoms with Gasteiger partial charge in [0, 0.05) is 19.1 Å². The smallest absolute Gasteiger partial charge is 0.265 e. The van der Waals surface area contributed by atoms with E-state index in [1.54, 1.807) is 6.20 Å². The van der Waals surface area contributed by atoms with Crippen molar-refractivity contribution in [2.24, 2.45) is 5.73 Å². The van der Waals surface area contributed by atoms with E-state index in [-0.39, 0.29) is 11.9 Å². The first kappa shape index (κ1) is 10.6. The van der Waals surface area contributed by atoms with Crippen LogP contribution < -0.4 is 5.73 Å². The molecule has 1 aliphatic rings. The van der Waals surface area contributed by atoms with Crippen LogP contribution in [0.2, 0.25) is 0 Å². The van der Waals surface area contributed by atoms with Crippen LogP contribution in [0.15, 0.2) is 6.20 Å². The normalized spacial score (nSPS) is 18.1. The van der Waals surface area contributed by atoms with Gasteiger partial charge in [-0.25, -0.2) is 4.98 Å². The Bertz CT molecular complexity index is 355. The number of likely N-dealkylation sites (tertiary alicyclic amines) is 1. The van der Waals surface area contributed by atoms with Gasteiger partial charge in [-0.2, -0.15) is 0 Å². The highest BCUT2D eigenvalue weighted by Gasteiger charge is 2.22. The molecule has 0 saturated carbocycles. The molecule has 2 heterocycles. The molecule has 4 nitrogen and oxygen atoms in total. The highest BCUT2D eigenvalue weighted by Crippen LogP contribution is 2.17. The summed E-state index contributed by atoms with van der Waals surface area (Å²) in [6, 6.07) is 0.261. The standard InChI is InChI=1S/C10H15N3OS/c1-7-12-6-9(15-7)10(14)13-4-2-8(11)3-5-13/h6,8H,2-5,11H2,1H3. The number of hydrogen-bond acceptors (Lipinski definition) is 4. The largest absolute Gasteiger partial charge is 0.338 e. The van der Waals surface area contributed by atoms with Crippen molar-refractivity contribution in [2.75, 3.05) is 13.1 Å². The molecule has 0 aliphatic carbocycles. The van der Waals surface area contributed by atoms with Crippen LogP contribution in [0.5, 0.6) is 0 Å². The number of thiazole rings is 1. The SMILES string of the molecule is Cc1ncc(C(=O)N2CCC(N)CC2)s1. The Morgan fingerprint density at radius 1 is 1.60 bits per heavy atom. The first-order valence-corrected chi connectivity index (χ1v) is 5.96. The Kier molecular flexibility index (Phi) is 3.02. The molecule has 2 N–H and O–H groups in total. The third kappa shape index (κ3) is 2.35. The van der Waals surface area contributed by atoms with Crippen molar-refractivity contribution in [3.63, 3.8) is 0 Å². The zero-order chi connectivity index (χ0) is 10.8. The molecule has 1 amide bonds. The van der Waals surface area contributed by atoms with Gasteiger partial charge in [0.25, 0.3) is 5.91 Å². The fourth-order valence-electron chi connectivity index (χ4n) is 1.72. The maximum atomic E-state index is 12.0. The van der Waals surface area contributed by atoms with Crippen molar-refractivity contribution in [1.82, 2.24) is 9.88 Å². The van der Waals surface area contributed by atoms with Crippen LogP contribution in [0.25, 0.3) is 0 Å². The fraction of sp³-hybridized carbons (Fsp3) is 0.600. The van der Waals surface area contributed by atoms with Gasteiger partial charge >= 0.3 is 0 Å². The molecule has 0 atom stereocenters. The number of aromatic nitrogens is 1. The van der Waals surface area contributed by atoms with Gasteiger partial charge in [0.05, 0.1) is 11.2 Å². The topological polar surface area (TPSA) is 59.2 Å². The molecular weight excluding hydrogens is 210 g/mol. The maximum Gasteiger partial charge on any atom is 0.265 e. The highest BCUT2D eigenvalue weighted by atomic mass is 32.1. The molecule has 1 saturated heterocycles. The Labute approximate surface area is 93.1 Å². The van der Waals surface area contributed by atoms with Crippen molar-refractivity contribution < 1.29 is 4.79 Å². The number of rotatable bonds is 1. The Morgan fingerprint density at radius 2 is 2.27 bits per heavy atom. The van der Waals surface area contributed by atoms with Crippen LogP contribution in [-0.2, 0) is 0 Å². The minimum atomic E-state index is 0.104. The van der Waals surface area contributed by atoms with E-state index >= 15 is 0 Å². The number of aryl methyl sites for hydroxylation is 1. The average Bonchev–Trinajstić information content (AvgIpc) is 2.65. The molecular formula is C10H15N3OS. The summed E-state index contributed by atoms with van der Waals surface area (Å²) in [4.78, 5) is 18.7. The van der Waals surface area contributed by atoms with Gasteiger partial charge in [0.2, 0.25) is 0 Å². The quantitative estimate of drug-likeness (QED) is 0.776. The molecule has 1 aliphatic heterocycles. The number of amides is 1. The van der Waals surface area contributed by atoms with E-state index in [1.807, 2.05) is 11.8 Å². The lowest BCUT2D eigenvalue weighted by Crippen LogP contribution is -2.42.